The second-order valence-corrected chi connectivity index (χ2v) is 8.53. The number of carbonyl (C=O) groups excluding carboxylic acids is 1. The number of nitrogens with one attached hydrogen (secondary N) is 1. The maximum Gasteiger partial charge on any atom is 0.390 e. The van der Waals surface area contributed by atoms with Crippen molar-refractivity contribution >= 4 is 5.91 Å². The Morgan fingerprint density at radius 3 is 2.56 bits per heavy atom. The zero-order chi connectivity index (χ0) is 23.0. The summed E-state index contributed by atoms with van der Waals surface area (Å²) < 4.78 is 40.6. The SMILES string of the molecule is C[C@H](NC(=O)[C@@H]1[C@@H](CO)[C@@H]2Cn3c(cccc3=O)[C@H]1N2CCC(F)(F)F)c1ccccc1. The minimum absolute atomic E-state index is 0.145. The molecule has 0 spiro atoms. The van der Waals surface area contributed by atoms with E-state index < -0.39 is 36.5 Å². The Morgan fingerprint density at radius 1 is 1.19 bits per heavy atom. The first-order valence-electron chi connectivity index (χ1n) is 10.7. The van der Waals surface area contributed by atoms with Gasteiger partial charge >= 0.3 is 6.18 Å². The summed E-state index contributed by atoms with van der Waals surface area (Å²) in [6, 6.07) is 12.4. The Hall–Kier alpha value is -2.65. The van der Waals surface area contributed by atoms with E-state index in [1.807, 2.05) is 37.3 Å². The lowest BCUT2D eigenvalue weighted by atomic mass is 9.86. The lowest BCUT2D eigenvalue weighted by Gasteiger charge is -2.38. The van der Waals surface area contributed by atoms with E-state index in [0.717, 1.165) is 5.56 Å². The van der Waals surface area contributed by atoms with Crippen LogP contribution in [0.15, 0.2) is 53.3 Å². The van der Waals surface area contributed by atoms with Gasteiger partial charge in [-0.25, -0.2) is 0 Å². The fourth-order valence-corrected chi connectivity index (χ4v) is 5.17. The Labute approximate surface area is 183 Å². The van der Waals surface area contributed by atoms with Crippen LogP contribution in [0.5, 0.6) is 0 Å². The highest BCUT2D eigenvalue weighted by Gasteiger charge is 2.56. The first-order chi connectivity index (χ1) is 15.2. The predicted molar refractivity (Wildman–Crippen MR) is 112 cm³/mol. The molecule has 32 heavy (non-hydrogen) atoms. The van der Waals surface area contributed by atoms with Gasteiger partial charge in [0.2, 0.25) is 5.91 Å². The van der Waals surface area contributed by atoms with Crippen LogP contribution in [-0.2, 0) is 11.3 Å². The number of halogens is 3. The van der Waals surface area contributed by atoms with Gasteiger partial charge in [-0.15, -0.1) is 0 Å². The summed E-state index contributed by atoms with van der Waals surface area (Å²) >= 11 is 0. The zero-order valence-corrected chi connectivity index (χ0v) is 17.6. The lowest BCUT2D eigenvalue weighted by Crippen LogP contribution is -2.47. The summed E-state index contributed by atoms with van der Waals surface area (Å²) in [4.78, 5) is 27.5. The van der Waals surface area contributed by atoms with Gasteiger partial charge in [0.05, 0.1) is 24.4 Å². The van der Waals surface area contributed by atoms with Crippen molar-refractivity contribution in [3.8, 4) is 0 Å². The number of rotatable bonds is 6. The number of fused-ring (bicyclic) bond motifs is 4. The Balaban J connectivity index is 1.69. The number of benzene rings is 1. The van der Waals surface area contributed by atoms with E-state index in [1.165, 1.54) is 10.6 Å². The highest BCUT2D eigenvalue weighted by molar-refractivity contribution is 5.81. The van der Waals surface area contributed by atoms with Gasteiger partial charge in [0, 0.05) is 43.4 Å². The van der Waals surface area contributed by atoms with Crippen molar-refractivity contribution in [1.82, 2.24) is 14.8 Å². The maximum absolute atomic E-state index is 13.4. The fraction of sp³-hybridized carbons (Fsp3) is 0.478. The van der Waals surface area contributed by atoms with Crippen molar-refractivity contribution in [3.05, 3.63) is 70.1 Å². The molecule has 0 radical (unpaired) electrons. The number of pyridine rings is 1. The molecule has 2 bridgehead atoms. The van der Waals surface area contributed by atoms with Crippen molar-refractivity contribution in [2.75, 3.05) is 13.2 Å². The van der Waals surface area contributed by atoms with Gasteiger partial charge in [-0.1, -0.05) is 36.4 Å². The molecule has 9 heteroatoms. The largest absolute Gasteiger partial charge is 0.396 e. The maximum atomic E-state index is 13.4. The van der Waals surface area contributed by atoms with E-state index in [9.17, 15) is 27.9 Å². The van der Waals surface area contributed by atoms with Crippen LogP contribution >= 0.6 is 0 Å². The van der Waals surface area contributed by atoms with Crippen molar-refractivity contribution in [3.63, 3.8) is 0 Å². The van der Waals surface area contributed by atoms with Gasteiger partial charge in [-0.3, -0.25) is 14.5 Å². The topological polar surface area (TPSA) is 74.6 Å². The van der Waals surface area contributed by atoms with Crippen LogP contribution in [-0.4, -0.2) is 45.9 Å². The van der Waals surface area contributed by atoms with Gasteiger partial charge in [-0.2, -0.15) is 13.2 Å². The van der Waals surface area contributed by atoms with E-state index in [1.54, 1.807) is 17.0 Å². The van der Waals surface area contributed by atoms with Crippen LogP contribution in [0.3, 0.4) is 0 Å². The van der Waals surface area contributed by atoms with E-state index >= 15 is 0 Å². The number of nitrogens with zero attached hydrogens (tertiary/aromatic N) is 2. The number of hydrogen-bond donors (Lipinski definition) is 2. The molecule has 1 aromatic carbocycles. The van der Waals surface area contributed by atoms with Crippen LogP contribution in [0.2, 0.25) is 0 Å². The number of aliphatic hydroxyl groups excluding tert-OH is 1. The molecule has 1 saturated heterocycles. The predicted octanol–water partition coefficient (Wildman–Crippen LogP) is 2.64. The third kappa shape index (κ3) is 4.19. The number of alkyl halides is 3. The molecule has 4 rings (SSSR count). The lowest BCUT2D eigenvalue weighted by molar-refractivity contribution is -0.140. The molecule has 2 aliphatic heterocycles. The number of aromatic nitrogens is 1. The molecule has 172 valence electrons. The van der Waals surface area contributed by atoms with Gasteiger partial charge in [0.1, 0.15) is 0 Å². The molecule has 0 unspecified atom stereocenters. The average Bonchev–Trinajstić information content (AvgIpc) is 2.98. The smallest absolute Gasteiger partial charge is 0.390 e. The van der Waals surface area contributed by atoms with E-state index in [2.05, 4.69) is 5.32 Å². The summed E-state index contributed by atoms with van der Waals surface area (Å²) in [6.45, 7) is 1.33. The molecular weight excluding hydrogens is 423 g/mol. The van der Waals surface area contributed by atoms with Gasteiger partial charge < -0.3 is 15.0 Å². The minimum atomic E-state index is -4.35. The Bertz CT molecular complexity index is 1020. The molecule has 0 saturated carbocycles. The van der Waals surface area contributed by atoms with Crippen molar-refractivity contribution < 1.29 is 23.1 Å². The van der Waals surface area contributed by atoms with E-state index in [-0.39, 0.29) is 37.2 Å². The van der Waals surface area contributed by atoms with Crippen molar-refractivity contribution in [1.29, 1.82) is 0 Å². The monoisotopic (exact) mass is 449 g/mol. The van der Waals surface area contributed by atoms with Crippen molar-refractivity contribution in [2.24, 2.45) is 11.8 Å². The molecule has 5 atom stereocenters. The molecule has 1 aromatic heterocycles. The van der Waals surface area contributed by atoms with Crippen molar-refractivity contribution in [2.45, 2.75) is 44.2 Å². The van der Waals surface area contributed by atoms with Crippen LogP contribution in [0.25, 0.3) is 0 Å². The Kier molecular flexibility index (Phi) is 6.13. The van der Waals surface area contributed by atoms with E-state index in [4.69, 9.17) is 0 Å². The highest BCUT2D eigenvalue weighted by Crippen LogP contribution is 2.48. The molecule has 6 nitrogen and oxygen atoms in total. The minimum Gasteiger partial charge on any atom is -0.396 e. The zero-order valence-electron chi connectivity index (χ0n) is 17.6. The van der Waals surface area contributed by atoms with Gasteiger partial charge in [-0.05, 0) is 18.6 Å². The average molecular weight is 449 g/mol. The van der Waals surface area contributed by atoms with E-state index in [0.29, 0.717) is 5.69 Å². The molecular formula is C23H26F3N3O3. The summed E-state index contributed by atoms with van der Waals surface area (Å²) in [5.74, 6) is -1.70. The molecule has 2 N–H and O–H groups in total. The molecule has 0 aliphatic carbocycles. The van der Waals surface area contributed by atoms with Crippen LogP contribution in [0, 0.1) is 11.8 Å². The summed E-state index contributed by atoms with van der Waals surface area (Å²) in [5, 5.41) is 13.1. The van der Waals surface area contributed by atoms with Crippen LogP contribution < -0.4 is 10.9 Å². The summed E-state index contributed by atoms with van der Waals surface area (Å²) in [7, 11) is 0. The quantitative estimate of drug-likeness (QED) is 0.711. The molecule has 2 aromatic rings. The van der Waals surface area contributed by atoms with Gasteiger partial charge in [0.25, 0.3) is 5.56 Å². The summed E-state index contributed by atoms with van der Waals surface area (Å²) in [5.41, 5.74) is 1.15. The number of carbonyl (C=O) groups is 1. The Morgan fingerprint density at radius 2 is 1.91 bits per heavy atom. The molecule has 3 heterocycles. The number of amides is 1. The standard InChI is InChI=1S/C23H26F3N3O3/c1-14(15-6-3-2-4-7-15)27-22(32)20-16(13-30)18-12-29-17(8-5-9-19(29)31)21(20)28(18)11-10-23(24,25)26/h2-9,14,16,18,20-21,30H,10-13H2,1H3,(H,27,32)/t14-,16-,18-,20+,21+/m0/s1. The first kappa shape index (κ1) is 22.5. The van der Waals surface area contributed by atoms with Gasteiger partial charge in [0.15, 0.2) is 0 Å². The summed E-state index contributed by atoms with van der Waals surface area (Å²) in [6.07, 6.45) is -5.37. The molecule has 2 aliphatic rings. The first-order valence-corrected chi connectivity index (χ1v) is 10.7. The second-order valence-electron chi connectivity index (χ2n) is 8.53. The number of aliphatic hydroxyl groups is 1. The third-order valence-electron chi connectivity index (χ3n) is 6.66. The third-order valence-corrected chi connectivity index (χ3v) is 6.66. The molecule has 1 amide bonds. The number of hydrogen-bond acceptors (Lipinski definition) is 4. The normalized spacial score (nSPS) is 25.9. The fourth-order valence-electron chi connectivity index (χ4n) is 5.17. The second kappa shape index (κ2) is 8.71. The van der Waals surface area contributed by atoms with Crippen LogP contribution in [0.4, 0.5) is 13.2 Å². The van der Waals surface area contributed by atoms with Crippen LogP contribution in [0.1, 0.15) is 36.7 Å². The molecule has 1 fully saturated rings. The highest BCUT2D eigenvalue weighted by atomic mass is 19.4.